The van der Waals surface area contributed by atoms with Crippen molar-refractivity contribution >= 4 is 11.7 Å². The number of para-hydroxylation sites is 1. The van der Waals surface area contributed by atoms with Crippen LogP contribution in [0.25, 0.3) is 11.5 Å². The van der Waals surface area contributed by atoms with Gasteiger partial charge in [-0.05, 0) is 85.5 Å². The second-order valence-electron chi connectivity index (χ2n) is 10.0. The van der Waals surface area contributed by atoms with Gasteiger partial charge in [0, 0.05) is 17.4 Å². The summed E-state index contributed by atoms with van der Waals surface area (Å²) in [6.45, 7) is 6.40. The van der Waals surface area contributed by atoms with Gasteiger partial charge in [0.1, 0.15) is 11.6 Å². The number of fused-ring (bicyclic) bond motifs is 3. The maximum absolute atomic E-state index is 14.6. The summed E-state index contributed by atoms with van der Waals surface area (Å²) >= 11 is 0. The van der Waals surface area contributed by atoms with E-state index in [-0.39, 0.29) is 11.8 Å². The smallest absolute Gasteiger partial charge is 0.308 e. The van der Waals surface area contributed by atoms with E-state index in [1.807, 2.05) is 85.4 Å². The quantitative estimate of drug-likeness (QED) is 0.275. The van der Waals surface area contributed by atoms with Crippen molar-refractivity contribution in [3.05, 3.63) is 131 Å². The third-order valence-corrected chi connectivity index (χ3v) is 7.20. The van der Waals surface area contributed by atoms with Crippen molar-refractivity contribution in [2.75, 3.05) is 5.32 Å². The molecule has 39 heavy (non-hydrogen) atoms. The summed E-state index contributed by atoms with van der Waals surface area (Å²) in [4.78, 5) is 15.9. The average molecular weight is 520 g/mol. The van der Waals surface area contributed by atoms with Crippen molar-refractivity contribution in [1.29, 1.82) is 0 Å². The number of rotatable bonds is 4. The topological polar surface area (TPSA) is 55.1 Å². The fourth-order valence-corrected chi connectivity index (χ4v) is 5.62. The Hall–Kier alpha value is -4.65. The SMILES string of the molecule is CCc1nn(-c2ccccc2)c2c1CN(C(=O)Nc1cc(C)cc(C)c1)C(c1cccc(F)c1)c1cccn1-2. The molecule has 1 aliphatic rings. The highest BCUT2D eigenvalue weighted by molar-refractivity contribution is 5.90. The Bertz CT molecular complexity index is 1650. The van der Waals surface area contributed by atoms with Crippen LogP contribution in [-0.4, -0.2) is 25.3 Å². The summed E-state index contributed by atoms with van der Waals surface area (Å²) in [5, 5.41) is 8.11. The number of aryl methyl sites for hydroxylation is 3. The Morgan fingerprint density at radius 1 is 0.974 bits per heavy atom. The Morgan fingerprint density at radius 3 is 2.46 bits per heavy atom. The molecule has 3 aromatic carbocycles. The van der Waals surface area contributed by atoms with E-state index >= 15 is 0 Å². The van der Waals surface area contributed by atoms with Gasteiger partial charge in [0.15, 0.2) is 0 Å². The number of anilines is 1. The van der Waals surface area contributed by atoms with Crippen molar-refractivity contribution in [3.63, 3.8) is 0 Å². The molecular formula is C32H30FN5O. The molecule has 0 bridgehead atoms. The molecule has 2 aromatic heterocycles. The van der Waals surface area contributed by atoms with Crippen LogP contribution in [0.2, 0.25) is 0 Å². The number of nitrogens with one attached hydrogen (secondary N) is 1. The van der Waals surface area contributed by atoms with E-state index in [9.17, 15) is 9.18 Å². The summed E-state index contributed by atoms with van der Waals surface area (Å²) in [6, 6.07) is 25.7. The number of aromatic nitrogens is 3. The molecule has 0 fully saturated rings. The van der Waals surface area contributed by atoms with E-state index < -0.39 is 6.04 Å². The number of urea groups is 1. The highest BCUT2D eigenvalue weighted by Gasteiger charge is 2.36. The number of benzene rings is 3. The minimum Gasteiger partial charge on any atom is -0.308 e. The molecule has 3 heterocycles. The first-order valence-electron chi connectivity index (χ1n) is 13.2. The summed E-state index contributed by atoms with van der Waals surface area (Å²) in [6.07, 6.45) is 2.70. The highest BCUT2D eigenvalue weighted by atomic mass is 19.1. The molecular weight excluding hydrogens is 489 g/mol. The van der Waals surface area contributed by atoms with Crippen LogP contribution in [0.15, 0.2) is 91.1 Å². The molecule has 196 valence electrons. The lowest BCUT2D eigenvalue weighted by atomic mass is 10.0. The summed E-state index contributed by atoms with van der Waals surface area (Å²) in [5.41, 5.74) is 7.23. The van der Waals surface area contributed by atoms with Gasteiger partial charge in [0.2, 0.25) is 0 Å². The van der Waals surface area contributed by atoms with Crippen molar-refractivity contribution < 1.29 is 9.18 Å². The zero-order valence-corrected chi connectivity index (χ0v) is 22.2. The molecule has 6 rings (SSSR count). The number of carbonyl (C=O) groups excluding carboxylic acids is 1. The molecule has 7 heteroatoms. The maximum Gasteiger partial charge on any atom is 0.322 e. The minimum atomic E-state index is -0.525. The average Bonchev–Trinajstić information content (AvgIpc) is 3.49. The van der Waals surface area contributed by atoms with E-state index in [4.69, 9.17) is 5.10 Å². The number of halogens is 1. The number of carbonyl (C=O) groups is 1. The Labute approximate surface area is 227 Å². The second kappa shape index (κ2) is 9.91. The molecule has 0 saturated heterocycles. The van der Waals surface area contributed by atoms with Crippen LogP contribution in [0.1, 0.15) is 46.6 Å². The Balaban J connectivity index is 1.55. The summed E-state index contributed by atoms with van der Waals surface area (Å²) in [7, 11) is 0. The van der Waals surface area contributed by atoms with E-state index in [2.05, 4.69) is 22.9 Å². The zero-order valence-electron chi connectivity index (χ0n) is 22.2. The van der Waals surface area contributed by atoms with Crippen LogP contribution in [0.5, 0.6) is 0 Å². The van der Waals surface area contributed by atoms with Gasteiger partial charge in [0.25, 0.3) is 0 Å². The Morgan fingerprint density at radius 2 is 1.74 bits per heavy atom. The largest absolute Gasteiger partial charge is 0.322 e. The first kappa shape index (κ1) is 24.7. The number of nitrogens with zero attached hydrogens (tertiary/aromatic N) is 4. The van der Waals surface area contributed by atoms with Crippen molar-refractivity contribution in [2.24, 2.45) is 0 Å². The predicted octanol–water partition coefficient (Wildman–Crippen LogP) is 7.12. The van der Waals surface area contributed by atoms with Gasteiger partial charge in [-0.1, -0.05) is 43.3 Å². The monoisotopic (exact) mass is 519 g/mol. The van der Waals surface area contributed by atoms with Crippen molar-refractivity contribution in [2.45, 2.75) is 39.8 Å². The van der Waals surface area contributed by atoms with Crippen LogP contribution in [0.4, 0.5) is 14.9 Å². The molecule has 5 aromatic rings. The molecule has 0 aliphatic carbocycles. The third kappa shape index (κ3) is 4.50. The lowest BCUT2D eigenvalue weighted by Crippen LogP contribution is -2.38. The van der Waals surface area contributed by atoms with Gasteiger partial charge in [-0.15, -0.1) is 0 Å². The van der Waals surface area contributed by atoms with Gasteiger partial charge in [-0.25, -0.2) is 13.9 Å². The van der Waals surface area contributed by atoms with Gasteiger partial charge >= 0.3 is 6.03 Å². The molecule has 1 atom stereocenters. The van der Waals surface area contributed by atoms with Gasteiger partial charge in [-0.3, -0.25) is 0 Å². The Kier molecular flexibility index (Phi) is 6.27. The molecule has 0 saturated carbocycles. The normalized spacial score (nSPS) is 14.5. The highest BCUT2D eigenvalue weighted by Crippen LogP contribution is 2.39. The number of hydrogen-bond donors (Lipinski definition) is 1. The van der Waals surface area contributed by atoms with Crippen molar-refractivity contribution in [1.82, 2.24) is 19.2 Å². The van der Waals surface area contributed by atoms with Crippen LogP contribution in [-0.2, 0) is 13.0 Å². The lowest BCUT2D eigenvalue weighted by Gasteiger charge is -2.31. The van der Waals surface area contributed by atoms with Crippen LogP contribution >= 0.6 is 0 Å². The standard InChI is InChI=1S/C32H30FN5O/c1-4-28-27-20-37(32(39)34-25-17-21(2)16-22(3)18-25)30(23-10-8-11-24(33)19-23)29-14-9-15-36(29)31(27)38(35-28)26-12-6-5-7-13-26/h5-19,30H,4,20H2,1-3H3,(H,34,39). The predicted molar refractivity (Wildman–Crippen MR) is 151 cm³/mol. The lowest BCUT2D eigenvalue weighted by molar-refractivity contribution is 0.194. The zero-order chi connectivity index (χ0) is 27.1. The molecule has 0 spiro atoms. The van der Waals surface area contributed by atoms with Crippen molar-refractivity contribution in [3.8, 4) is 11.5 Å². The first-order chi connectivity index (χ1) is 18.9. The van der Waals surface area contributed by atoms with E-state index in [1.54, 1.807) is 11.0 Å². The molecule has 1 N–H and O–H groups in total. The van der Waals surface area contributed by atoms with E-state index in [0.29, 0.717) is 18.5 Å². The third-order valence-electron chi connectivity index (χ3n) is 7.20. The summed E-state index contributed by atoms with van der Waals surface area (Å²) in [5.74, 6) is 0.549. The fraction of sp³-hybridized carbons (Fsp3) is 0.188. The van der Waals surface area contributed by atoms with E-state index in [0.717, 1.165) is 45.3 Å². The molecule has 2 amide bonds. The fourth-order valence-electron chi connectivity index (χ4n) is 5.62. The summed E-state index contributed by atoms with van der Waals surface area (Å²) < 4.78 is 18.6. The van der Waals surface area contributed by atoms with Crippen LogP contribution < -0.4 is 5.32 Å². The molecule has 1 unspecified atom stereocenters. The van der Waals surface area contributed by atoms with Crippen LogP contribution in [0.3, 0.4) is 0 Å². The molecule has 0 radical (unpaired) electrons. The minimum absolute atomic E-state index is 0.260. The second-order valence-corrected chi connectivity index (χ2v) is 10.0. The van der Waals surface area contributed by atoms with Gasteiger partial charge < -0.3 is 14.8 Å². The number of amides is 2. The maximum atomic E-state index is 14.6. The number of hydrogen-bond acceptors (Lipinski definition) is 2. The van der Waals surface area contributed by atoms with Gasteiger partial charge in [-0.2, -0.15) is 5.10 Å². The van der Waals surface area contributed by atoms with E-state index in [1.165, 1.54) is 12.1 Å². The first-order valence-corrected chi connectivity index (χ1v) is 13.2. The molecule has 1 aliphatic heterocycles. The molecule has 6 nitrogen and oxygen atoms in total. The van der Waals surface area contributed by atoms with Crippen LogP contribution in [0, 0.1) is 19.7 Å². The van der Waals surface area contributed by atoms with Gasteiger partial charge in [0.05, 0.1) is 29.7 Å².